The van der Waals surface area contributed by atoms with Crippen LogP contribution in [0.15, 0.2) is 35.2 Å². The average molecular weight is 639 g/mol. The SMILES string of the molecule is CCS(=O)(=O)c1ccc(Cl)cc1N(C)C(=O)c1cc(Cl)c(CN2CC[C@H](NC(=O)OC(C)(C)C)C2)c(C(F)(F)F)c1. The van der Waals surface area contributed by atoms with Crippen LogP contribution in [0.25, 0.3) is 0 Å². The van der Waals surface area contributed by atoms with Crippen molar-refractivity contribution in [1.29, 1.82) is 0 Å². The van der Waals surface area contributed by atoms with E-state index in [1.807, 2.05) is 0 Å². The molecule has 226 valence electrons. The van der Waals surface area contributed by atoms with E-state index in [1.54, 1.807) is 25.7 Å². The summed E-state index contributed by atoms with van der Waals surface area (Å²) in [5, 5.41) is 2.60. The van der Waals surface area contributed by atoms with Gasteiger partial charge in [-0.05, 0) is 63.1 Å². The molecule has 0 saturated carbocycles. The monoisotopic (exact) mass is 637 g/mol. The summed E-state index contributed by atoms with van der Waals surface area (Å²) in [4.78, 5) is 27.9. The van der Waals surface area contributed by atoms with Crippen LogP contribution in [0.5, 0.6) is 0 Å². The second-order valence-electron chi connectivity index (χ2n) is 10.7. The summed E-state index contributed by atoms with van der Waals surface area (Å²) in [5.41, 5.74) is -2.44. The molecule has 0 aromatic heterocycles. The van der Waals surface area contributed by atoms with E-state index in [0.29, 0.717) is 19.0 Å². The summed E-state index contributed by atoms with van der Waals surface area (Å²) in [6, 6.07) is 5.39. The molecule has 0 spiro atoms. The molecule has 2 aromatic rings. The van der Waals surface area contributed by atoms with Crippen LogP contribution in [0.2, 0.25) is 10.0 Å². The van der Waals surface area contributed by atoms with Crippen LogP contribution >= 0.6 is 23.2 Å². The Hall–Kier alpha value is -2.54. The Bertz CT molecular complexity index is 1430. The molecule has 14 heteroatoms. The van der Waals surface area contributed by atoms with Gasteiger partial charge in [-0.15, -0.1) is 0 Å². The van der Waals surface area contributed by atoms with Gasteiger partial charge >= 0.3 is 12.3 Å². The summed E-state index contributed by atoms with van der Waals surface area (Å²) in [6.07, 6.45) is -4.95. The lowest BCUT2D eigenvalue weighted by molar-refractivity contribution is -0.138. The second kappa shape index (κ2) is 12.4. The van der Waals surface area contributed by atoms with Gasteiger partial charge in [0, 0.05) is 48.3 Å². The van der Waals surface area contributed by atoms with Gasteiger partial charge in [-0.25, -0.2) is 13.2 Å². The van der Waals surface area contributed by atoms with Gasteiger partial charge in [0.05, 0.1) is 21.9 Å². The highest BCUT2D eigenvalue weighted by Crippen LogP contribution is 2.38. The molecule has 1 heterocycles. The molecule has 1 fully saturated rings. The molecular formula is C27H32Cl2F3N3O5S. The van der Waals surface area contributed by atoms with Crippen molar-refractivity contribution < 1.29 is 35.9 Å². The first-order valence-corrected chi connectivity index (χ1v) is 15.1. The highest BCUT2D eigenvalue weighted by molar-refractivity contribution is 7.91. The third-order valence-electron chi connectivity index (χ3n) is 6.42. The Balaban J connectivity index is 1.89. The van der Waals surface area contributed by atoms with E-state index in [4.69, 9.17) is 27.9 Å². The van der Waals surface area contributed by atoms with Crippen molar-refractivity contribution in [1.82, 2.24) is 10.2 Å². The standard InChI is InChI=1S/C27H32Cl2F3N3O5S/c1-6-41(38,39)23-8-7-17(28)13-22(23)34(5)24(36)16-11-20(27(30,31)32)19(21(29)12-16)15-35-10-9-18(14-35)33-25(37)40-26(2,3)4/h7-8,11-13,18H,6,9-10,14-15H2,1-5H3,(H,33,37)/t18-/m0/s1. The molecule has 41 heavy (non-hydrogen) atoms. The fraction of sp³-hybridized carbons (Fsp3) is 0.481. The minimum Gasteiger partial charge on any atom is -0.444 e. The first kappa shape index (κ1) is 33.0. The molecular weight excluding hydrogens is 606 g/mol. The minimum absolute atomic E-state index is 0.0706. The fourth-order valence-electron chi connectivity index (χ4n) is 4.44. The Morgan fingerprint density at radius 2 is 1.80 bits per heavy atom. The third kappa shape index (κ3) is 8.27. The number of carbonyl (C=O) groups excluding carboxylic acids is 2. The lowest BCUT2D eigenvalue weighted by Gasteiger charge is -2.24. The van der Waals surface area contributed by atoms with E-state index >= 15 is 0 Å². The molecule has 3 rings (SSSR count). The predicted octanol–water partition coefficient (Wildman–Crippen LogP) is 6.18. The van der Waals surface area contributed by atoms with Crippen LogP contribution in [0, 0.1) is 0 Å². The van der Waals surface area contributed by atoms with E-state index in [2.05, 4.69) is 5.32 Å². The molecule has 1 N–H and O–H groups in total. The number of alkyl halides is 3. The first-order valence-electron chi connectivity index (χ1n) is 12.7. The Morgan fingerprint density at radius 1 is 1.15 bits per heavy atom. The minimum atomic E-state index is -4.84. The zero-order chi connectivity index (χ0) is 30.9. The van der Waals surface area contributed by atoms with E-state index < -0.39 is 39.2 Å². The van der Waals surface area contributed by atoms with Gasteiger partial charge < -0.3 is 15.0 Å². The van der Waals surface area contributed by atoms with Gasteiger partial charge in [-0.2, -0.15) is 13.2 Å². The van der Waals surface area contributed by atoms with Gasteiger partial charge in [-0.1, -0.05) is 30.1 Å². The largest absolute Gasteiger partial charge is 0.444 e. The van der Waals surface area contributed by atoms with E-state index in [-0.39, 0.29) is 56.6 Å². The zero-order valence-electron chi connectivity index (χ0n) is 23.2. The van der Waals surface area contributed by atoms with Crippen molar-refractivity contribution >= 4 is 50.7 Å². The van der Waals surface area contributed by atoms with Crippen molar-refractivity contribution in [2.45, 2.75) is 63.4 Å². The average Bonchev–Trinajstić information content (AvgIpc) is 3.28. The highest BCUT2D eigenvalue weighted by atomic mass is 35.5. The summed E-state index contributed by atoms with van der Waals surface area (Å²) in [6.45, 7) is 7.11. The Labute approximate surface area is 247 Å². The van der Waals surface area contributed by atoms with Crippen LogP contribution < -0.4 is 10.2 Å². The van der Waals surface area contributed by atoms with Gasteiger partial charge in [0.15, 0.2) is 9.84 Å². The normalized spacial score (nSPS) is 16.5. The molecule has 1 atom stereocenters. The van der Waals surface area contributed by atoms with Crippen molar-refractivity contribution in [2.24, 2.45) is 0 Å². The van der Waals surface area contributed by atoms with Gasteiger partial charge in [0.1, 0.15) is 5.60 Å². The number of rotatable bonds is 7. The Kier molecular flexibility index (Phi) is 9.94. The van der Waals surface area contributed by atoms with E-state index in [9.17, 15) is 31.2 Å². The molecule has 1 saturated heterocycles. The number of likely N-dealkylation sites (tertiary alicyclic amines) is 1. The number of ether oxygens (including phenoxy) is 1. The van der Waals surface area contributed by atoms with Crippen LogP contribution in [-0.2, 0) is 27.3 Å². The molecule has 0 radical (unpaired) electrons. The number of hydrogen-bond donors (Lipinski definition) is 1. The first-order chi connectivity index (χ1) is 18.8. The van der Waals surface area contributed by atoms with Crippen molar-refractivity contribution in [3.05, 3.63) is 57.1 Å². The van der Waals surface area contributed by atoms with Gasteiger partial charge in [0.25, 0.3) is 5.91 Å². The van der Waals surface area contributed by atoms with E-state index in [1.165, 1.54) is 32.2 Å². The molecule has 0 aliphatic carbocycles. The number of nitrogens with one attached hydrogen (secondary N) is 1. The van der Waals surface area contributed by atoms with Crippen LogP contribution in [0.4, 0.5) is 23.7 Å². The van der Waals surface area contributed by atoms with Crippen molar-refractivity contribution in [3.63, 3.8) is 0 Å². The number of hydrogen-bond acceptors (Lipinski definition) is 6. The maximum absolute atomic E-state index is 14.2. The molecule has 1 aliphatic rings. The highest BCUT2D eigenvalue weighted by Gasteiger charge is 2.37. The second-order valence-corrected chi connectivity index (χ2v) is 13.8. The quantitative estimate of drug-likeness (QED) is 0.389. The number of sulfone groups is 1. The lowest BCUT2D eigenvalue weighted by Crippen LogP contribution is -2.40. The summed E-state index contributed by atoms with van der Waals surface area (Å²) in [7, 11) is -2.54. The topological polar surface area (TPSA) is 96.0 Å². The molecule has 0 unspecified atom stereocenters. The maximum atomic E-state index is 14.2. The van der Waals surface area contributed by atoms with Crippen molar-refractivity contribution in [2.75, 3.05) is 30.8 Å². The lowest BCUT2D eigenvalue weighted by atomic mass is 10.0. The smallest absolute Gasteiger partial charge is 0.416 e. The predicted molar refractivity (Wildman–Crippen MR) is 151 cm³/mol. The Morgan fingerprint density at radius 3 is 2.39 bits per heavy atom. The number of nitrogens with zero attached hydrogens (tertiary/aromatic N) is 2. The molecule has 2 amide bonds. The summed E-state index contributed by atoms with van der Waals surface area (Å²) < 4.78 is 73.1. The number of carbonyl (C=O) groups is 2. The zero-order valence-corrected chi connectivity index (χ0v) is 25.6. The van der Waals surface area contributed by atoms with Crippen LogP contribution in [0.1, 0.15) is 55.6 Å². The molecule has 0 bridgehead atoms. The van der Waals surface area contributed by atoms with Crippen LogP contribution in [-0.4, -0.2) is 62.9 Å². The van der Waals surface area contributed by atoms with Crippen LogP contribution in [0.3, 0.4) is 0 Å². The van der Waals surface area contributed by atoms with Crippen molar-refractivity contribution in [3.8, 4) is 0 Å². The number of benzene rings is 2. The summed E-state index contributed by atoms with van der Waals surface area (Å²) >= 11 is 12.4. The third-order valence-corrected chi connectivity index (χ3v) is 8.77. The molecule has 8 nitrogen and oxygen atoms in total. The summed E-state index contributed by atoms with van der Waals surface area (Å²) in [5.74, 6) is -1.16. The molecule has 2 aromatic carbocycles. The van der Waals surface area contributed by atoms with Gasteiger partial charge in [0.2, 0.25) is 0 Å². The maximum Gasteiger partial charge on any atom is 0.416 e. The van der Waals surface area contributed by atoms with Gasteiger partial charge in [-0.3, -0.25) is 9.69 Å². The number of amides is 2. The number of anilines is 1. The fourth-order valence-corrected chi connectivity index (χ4v) is 5.99. The number of alkyl carbamates (subject to hydrolysis) is 1. The number of halogens is 5. The molecule has 1 aliphatic heterocycles. The van der Waals surface area contributed by atoms with E-state index in [0.717, 1.165) is 11.0 Å².